The predicted molar refractivity (Wildman–Crippen MR) is 61.7 cm³/mol. The Kier molecular flexibility index (Phi) is 2.84. The summed E-state index contributed by atoms with van der Waals surface area (Å²) in [6, 6.07) is 5.22. The second-order valence-corrected chi connectivity index (χ2v) is 4.63. The van der Waals surface area contributed by atoms with Gasteiger partial charge in [0.2, 0.25) is 5.78 Å². The Balaban J connectivity index is 2.41. The minimum Gasteiger partial charge on any atom is -0.287 e. The molecule has 0 amide bonds. The Morgan fingerprint density at radius 3 is 2.93 bits per heavy atom. The average molecular weight is 238 g/mol. The third-order valence-electron chi connectivity index (χ3n) is 1.97. The molecule has 4 heteroatoms. The minimum atomic E-state index is -0.120. The third kappa shape index (κ3) is 2.08. The van der Waals surface area contributed by atoms with Crippen LogP contribution in [0.1, 0.15) is 20.9 Å². The summed E-state index contributed by atoms with van der Waals surface area (Å²) >= 11 is 7.44. The normalized spacial score (nSPS) is 10.3. The molecule has 76 valence electrons. The smallest absolute Gasteiger partial charge is 0.213 e. The minimum absolute atomic E-state index is 0.120. The fourth-order valence-electron chi connectivity index (χ4n) is 1.25. The molecule has 0 N–H and O–H groups in total. The van der Waals surface area contributed by atoms with Crippen molar-refractivity contribution in [3.8, 4) is 0 Å². The van der Waals surface area contributed by atoms with E-state index in [1.54, 1.807) is 29.7 Å². The molecule has 0 radical (unpaired) electrons. The van der Waals surface area contributed by atoms with Crippen molar-refractivity contribution in [2.45, 2.75) is 6.92 Å². The van der Waals surface area contributed by atoms with E-state index in [0.29, 0.717) is 16.3 Å². The lowest BCUT2D eigenvalue weighted by Crippen LogP contribution is -2.03. The van der Waals surface area contributed by atoms with Crippen LogP contribution in [0.25, 0.3) is 0 Å². The first-order valence-corrected chi connectivity index (χ1v) is 5.64. The summed E-state index contributed by atoms with van der Waals surface area (Å²) in [4.78, 5) is 17.0. The van der Waals surface area contributed by atoms with E-state index in [9.17, 15) is 4.79 Å². The molecule has 2 nitrogen and oxygen atoms in total. The molecule has 0 aromatic carbocycles. The molecule has 0 fully saturated rings. The number of carbonyl (C=O) groups excluding carboxylic acids is 1. The average Bonchev–Trinajstić information content (AvgIpc) is 2.65. The van der Waals surface area contributed by atoms with Crippen molar-refractivity contribution in [2.24, 2.45) is 0 Å². The molecule has 15 heavy (non-hydrogen) atoms. The Bertz CT molecular complexity index is 507. The first-order valence-electron chi connectivity index (χ1n) is 4.39. The Morgan fingerprint density at radius 1 is 1.53 bits per heavy atom. The van der Waals surface area contributed by atoms with Crippen LogP contribution in [0.5, 0.6) is 0 Å². The summed E-state index contributed by atoms with van der Waals surface area (Å²) < 4.78 is 0. The van der Waals surface area contributed by atoms with E-state index >= 15 is 0 Å². The van der Waals surface area contributed by atoms with E-state index in [-0.39, 0.29) is 5.78 Å². The van der Waals surface area contributed by atoms with Gasteiger partial charge >= 0.3 is 0 Å². The number of aryl methyl sites for hydroxylation is 1. The lowest BCUT2D eigenvalue weighted by atomic mass is 10.1. The molecule has 0 saturated heterocycles. The maximum atomic E-state index is 11.9. The van der Waals surface area contributed by atoms with Gasteiger partial charge in [-0.2, -0.15) is 0 Å². The topological polar surface area (TPSA) is 30.0 Å². The summed E-state index contributed by atoms with van der Waals surface area (Å²) in [6.45, 7) is 1.96. The first-order chi connectivity index (χ1) is 7.18. The van der Waals surface area contributed by atoms with Crippen molar-refractivity contribution in [2.75, 3.05) is 0 Å². The number of ketones is 1. The molecular formula is C11H8ClNOS. The lowest BCUT2D eigenvalue weighted by Gasteiger charge is -1.99. The highest BCUT2D eigenvalue weighted by Gasteiger charge is 2.14. The monoisotopic (exact) mass is 237 g/mol. The summed E-state index contributed by atoms with van der Waals surface area (Å²) in [6.07, 6.45) is 1.57. The first kappa shape index (κ1) is 10.3. The van der Waals surface area contributed by atoms with Gasteiger partial charge in [-0.15, -0.1) is 11.3 Å². The van der Waals surface area contributed by atoms with E-state index in [2.05, 4.69) is 4.98 Å². The molecule has 2 heterocycles. The van der Waals surface area contributed by atoms with Gasteiger partial charge in [-0.05, 0) is 25.1 Å². The van der Waals surface area contributed by atoms with E-state index in [0.717, 1.165) is 4.88 Å². The van der Waals surface area contributed by atoms with Gasteiger partial charge in [0.15, 0.2) is 0 Å². The van der Waals surface area contributed by atoms with Crippen LogP contribution in [0.2, 0.25) is 5.02 Å². The van der Waals surface area contributed by atoms with Crippen molar-refractivity contribution in [1.29, 1.82) is 0 Å². The number of halogens is 1. The Labute approximate surface area is 96.5 Å². The summed E-state index contributed by atoms with van der Waals surface area (Å²) in [5.74, 6) is -0.120. The molecular weight excluding hydrogens is 230 g/mol. The van der Waals surface area contributed by atoms with Gasteiger partial charge in [-0.3, -0.25) is 9.78 Å². The molecule has 0 bridgehead atoms. The second-order valence-electron chi connectivity index (χ2n) is 3.11. The van der Waals surface area contributed by atoms with E-state index in [1.165, 1.54) is 0 Å². The molecule has 0 atom stereocenters. The van der Waals surface area contributed by atoms with Gasteiger partial charge in [0, 0.05) is 22.0 Å². The van der Waals surface area contributed by atoms with Gasteiger partial charge in [0.05, 0.1) is 5.02 Å². The summed E-state index contributed by atoms with van der Waals surface area (Å²) in [5.41, 5.74) is 0.968. The van der Waals surface area contributed by atoms with Crippen molar-refractivity contribution in [3.63, 3.8) is 0 Å². The molecule has 0 unspecified atom stereocenters. The zero-order chi connectivity index (χ0) is 10.8. The zero-order valence-corrected chi connectivity index (χ0v) is 9.60. The summed E-state index contributed by atoms with van der Waals surface area (Å²) in [7, 11) is 0. The fraction of sp³-hybridized carbons (Fsp3) is 0.0909. The molecule has 0 aliphatic carbocycles. The predicted octanol–water partition coefficient (Wildman–Crippen LogP) is 3.34. The number of carbonyl (C=O) groups is 1. The van der Waals surface area contributed by atoms with Crippen molar-refractivity contribution >= 4 is 28.7 Å². The number of nitrogens with zero attached hydrogens (tertiary/aromatic N) is 1. The third-order valence-corrected chi connectivity index (χ3v) is 3.13. The van der Waals surface area contributed by atoms with Gasteiger partial charge in [-0.25, -0.2) is 0 Å². The van der Waals surface area contributed by atoms with Crippen LogP contribution in [-0.2, 0) is 0 Å². The van der Waals surface area contributed by atoms with Gasteiger partial charge in [0.1, 0.15) is 5.69 Å². The molecule has 0 spiro atoms. The van der Waals surface area contributed by atoms with Gasteiger partial charge < -0.3 is 0 Å². The van der Waals surface area contributed by atoms with Crippen LogP contribution in [0, 0.1) is 6.92 Å². The highest BCUT2D eigenvalue weighted by molar-refractivity contribution is 7.10. The molecule has 0 saturated carbocycles. The van der Waals surface area contributed by atoms with E-state index < -0.39 is 0 Å². The lowest BCUT2D eigenvalue weighted by molar-refractivity contribution is 0.103. The molecule has 0 aliphatic heterocycles. The van der Waals surface area contributed by atoms with Crippen molar-refractivity contribution in [1.82, 2.24) is 4.98 Å². The fourth-order valence-corrected chi connectivity index (χ4v) is 2.14. The van der Waals surface area contributed by atoms with Crippen LogP contribution in [0.3, 0.4) is 0 Å². The van der Waals surface area contributed by atoms with Crippen LogP contribution in [0.15, 0.2) is 29.8 Å². The summed E-state index contributed by atoms with van der Waals surface area (Å²) in [5, 5.41) is 2.22. The van der Waals surface area contributed by atoms with Crippen LogP contribution in [-0.4, -0.2) is 10.8 Å². The number of hydrogen-bond donors (Lipinski definition) is 0. The van der Waals surface area contributed by atoms with Crippen LogP contribution in [0.4, 0.5) is 0 Å². The second kappa shape index (κ2) is 4.13. The molecule has 2 aromatic rings. The number of aromatic nitrogens is 1. The number of pyridine rings is 1. The van der Waals surface area contributed by atoms with E-state index in [1.807, 2.05) is 18.4 Å². The standard InChI is InChI=1S/C11H8ClNOS/c1-7-5-8(6-15-7)11(14)10-9(12)3-2-4-13-10/h2-6H,1H3. The maximum Gasteiger partial charge on any atom is 0.213 e. The quantitative estimate of drug-likeness (QED) is 0.750. The van der Waals surface area contributed by atoms with Gasteiger partial charge in [-0.1, -0.05) is 11.6 Å². The number of hydrogen-bond acceptors (Lipinski definition) is 3. The number of thiophene rings is 1. The van der Waals surface area contributed by atoms with E-state index in [4.69, 9.17) is 11.6 Å². The van der Waals surface area contributed by atoms with Crippen LogP contribution >= 0.6 is 22.9 Å². The van der Waals surface area contributed by atoms with Crippen molar-refractivity contribution in [3.05, 3.63) is 50.9 Å². The zero-order valence-electron chi connectivity index (χ0n) is 8.03. The van der Waals surface area contributed by atoms with Gasteiger partial charge in [0.25, 0.3) is 0 Å². The number of rotatable bonds is 2. The Morgan fingerprint density at radius 2 is 2.33 bits per heavy atom. The Hall–Kier alpha value is -1.19. The highest BCUT2D eigenvalue weighted by Crippen LogP contribution is 2.20. The SMILES string of the molecule is Cc1cc(C(=O)c2ncccc2Cl)cs1. The van der Waals surface area contributed by atoms with Crippen molar-refractivity contribution < 1.29 is 4.79 Å². The largest absolute Gasteiger partial charge is 0.287 e. The maximum absolute atomic E-state index is 11.9. The highest BCUT2D eigenvalue weighted by atomic mass is 35.5. The molecule has 2 rings (SSSR count). The van der Waals surface area contributed by atoms with Crippen LogP contribution < -0.4 is 0 Å². The molecule has 0 aliphatic rings. The molecule has 2 aromatic heterocycles.